The van der Waals surface area contributed by atoms with Gasteiger partial charge in [0, 0.05) is 32.4 Å². The topological polar surface area (TPSA) is 94.9 Å². The van der Waals surface area contributed by atoms with E-state index in [2.05, 4.69) is 5.32 Å². The molecule has 1 aliphatic heterocycles. The summed E-state index contributed by atoms with van der Waals surface area (Å²) in [5.74, 6) is -2.45. The van der Waals surface area contributed by atoms with Gasteiger partial charge in [0.2, 0.25) is 5.43 Å². The Morgan fingerprint density at radius 1 is 1.23 bits per heavy atom. The molecule has 164 valence electrons. The van der Waals surface area contributed by atoms with E-state index in [1.54, 1.807) is 43.1 Å². The van der Waals surface area contributed by atoms with Crippen LogP contribution >= 0.6 is 0 Å². The molecular formula is C22H25FN4O4. The van der Waals surface area contributed by atoms with Gasteiger partial charge in [0.15, 0.2) is 11.4 Å². The number of aromatic nitrogens is 1. The van der Waals surface area contributed by atoms with E-state index < -0.39 is 34.5 Å². The second-order valence-electron chi connectivity index (χ2n) is 8.27. The summed E-state index contributed by atoms with van der Waals surface area (Å²) in [6.07, 6.45) is 4.65. The second kappa shape index (κ2) is 7.40. The van der Waals surface area contributed by atoms with Crippen LogP contribution < -0.4 is 15.8 Å². The largest absolute Gasteiger partial charge is 0.502 e. The highest BCUT2D eigenvalue weighted by Crippen LogP contribution is 2.40. The van der Waals surface area contributed by atoms with E-state index in [1.165, 1.54) is 16.9 Å². The molecule has 2 amide bonds. The Labute approximate surface area is 178 Å². The van der Waals surface area contributed by atoms with Gasteiger partial charge in [-0.15, -0.1) is 0 Å². The number of amides is 2. The lowest BCUT2D eigenvalue weighted by atomic mass is 10.0. The number of hydrogen-bond donors (Lipinski definition) is 2. The number of rotatable bonds is 3. The molecular weight excluding hydrogens is 403 g/mol. The third kappa shape index (κ3) is 3.15. The first kappa shape index (κ1) is 20.9. The van der Waals surface area contributed by atoms with Crippen molar-refractivity contribution >= 4 is 11.8 Å². The lowest BCUT2D eigenvalue weighted by Crippen LogP contribution is -2.67. The van der Waals surface area contributed by atoms with Crippen molar-refractivity contribution in [2.24, 2.45) is 0 Å². The number of fused-ring (bicyclic) bond motifs is 1. The molecule has 8 nitrogen and oxygen atoms in total. The van der Waals surface area contributed by atoms with Crippen molar-refractivity contribution in [3.05, 3.63) is 62.8 Å². The van der Waals surface area contributed by atoms with Gasteiger partial charge >= 0.3 is 0 Å². The number of halogens is 1. The van der Waals surface area contributed by atoms with Gasteiger partial charge in [-0.05, 0) is 44.2 Å². The summed E-state index contributed by atoms with van der Waals surface area (Å²) in [6, 6.07) is 4.65. The Balaban J connectivity index is 1.70. The molecule has 0 saturated heterocycles. The maximum absolute atomic E-state index is 14.1. The molecule has 1 aromatic heterocycles. The van der Waals surface area contributed by atoms with Gasteiger partial charge in [-0.3, -0.25) is 24.1 Å². The number of aromatic hydroxyl groups is 1. The van der Waals surface area contributed by atoms with Crippen molar-refractivity contribution in [3.63, 3.8) is 0 Å². The predicted octanol–water partition coefficient (Wildman–Crippen LogP) is 1.86. The second-order valence-corrected chi connectivity index (χ2v) is 8.27. The number of aryl methyl sites for hydroxylation is 1. The van der Waals surface area contributed by atoms with Crippen LogP contribution in [0.5, 0.6) is 5.75 Å². The number of carbonyl (C=O) groups excluding carboxylic acids is 2. The van der Waals surface area contributed by atoms with Gasteiger partial charge in [-0.25, -0.2) is 4.39 Å². The zero-order valence-corrected chi connectivity index (χ0v) is 17.7. The van der Waals surface area contributed by atoms with E-state index in [9.17, 15) is 23.9 Å². The van der Waals surface area contributed by atoms with Crippen molar-refractivity contribution in [1.29, 1.82) is 0 Å². The third-order valence-electron chi connectivity index (χ3n) is 6.52. The molecule has 1 fully saturated rings. The molecule has 2 heterocycles. The van der Waals surface area contributed by atoms with Gasteiger partial charge in [0.25, 0.3) is 11.8 Å². The Kier molecular flexibility index (Phi) is 4.99. The van der Waals surface area contributed by atoms with Crippen LogP contribution in [0.4, 0.5) is 4.39 Å². The first-order valence-corrected chi connectivity index (χ1v) is 10.2. The molecule has 1 aromatic carbocycles. The van der Waals surface area contributed by atoms with Crippen LogP contribution in [-0.4, -0.2) is 46.3 Å². The Hall–Kier alpha value is -3.36. The fraction of sp³-hybridized carbons (Fsp3) is 0.409. The number of pyridine rings is 1. The summed E-state index contributed by atoms with van der Waals surface area (Å²) in [5.41, 5.74) is -0.973. The fourth-order valence-corrected chi connectivity index (χ4v) is 4.62. The third-order valence-corrected chi connectivity index (χ3v) is 6.52. The molecule has 0 unspecified atom stereocenters. The average molecular weight is 428 g/mol. The lowest BCUT2D eigenvalue weighted by molar-refractivity contribution is 0.0404. The zero-order valence-electron chi connectivity index (χ0n) is 17.7. The van der Waals surface area contributed by atoms with Gasteiger partial charge in [0.1, 0.15) is 17.0 Å². The van der Waals surface area contributed by atoms with E-state index in [4.69, 9.17) is 0 Å². The normalized spacial score (nSPS) is 17.2. The van der Waals surface area contributed by atoms with Crippen LogP contribution in [0.3, 0.4) is 0 Å². The van der Waals surface area contributed by atoms with Crippen molar-refractivity contribution in [3.8, 4) is 5.75 Å². The number of hydrogen-bond acceptors (Lipinski definition) is 5. The van der Waals surface area contributed by atoms with Crippen molar-refractivity contribution in [1.82, 2.24) is 14.9 Å². The standard InChI is InChI=1S/C22H25FN4O4/c1-13-6-7-14(16(23)10-13)11-24-20(30)15-12-27-17(19(29)18(15)28)21(31)25(2)22(26(27)3)8-4-5-9-22/h6-7,10,12,29H,4-5,8-9,11H2,1-3H3,(H,24,30). The summed E-state index contributed by atoms with van der Waals surface area (Å²) in [7, 11) is 3.43. The highest BCUT2D eigenvalue weighted by Gasteiger charge is 2.49. The molecule has 1 aliphatic carbocycles. The summed E-state index contributed by atoms with van der Waals surface area (Å²) in [4.78, 5) is 40.0. The average Bonchev–Trinajstić information content (AvgIpc) is 3.23. The maximum Gasteiger partial charge on any atom is 0.278 e. The molecule has 2 aromatic rings. The molecule has 9 heteroatoms. The number of nitrogens with zero attached hydrogens (tertiary/aromatic N) is 3. The van der Waals surface area contributed by atoms with Gasteiger partial charge in [-0.2, -0.15) is 0 Å². The molecule has 2 N–H and O–H groups in total. The minimum atomic E-state index is -0.939. The van der Waals surface area contributed by atoms with E-state index in [0.29, 0.717) is 0 Å². The number of benzene rings is 1. The van der Waals surface area contributed by atoms with Crippen LogP contribution in [0.25, 0.3) is 0 Å². The highest BCUT2D eigenvalue weighted by molar-refractivity contribution is 5.99. The summed E-state index contributed by atoms with van der Waals surface area (Å²) in [6.45, 7) is 1.64. The Morgan fingerprint density at radius 3 is 2.55 bits per heavy atom. The van der Waals surface area contributed by atoms with E-state index in [1.807, 2.05) is 0 Å². The van der Waals surface area contributed by atoms with Crippen LogP contribution in [-0.2, 0) is 6.54 Å². The van der Waals surface area contributed by atoms with Gasteiger partial charge in [-0.1, -0.05) is 12.1 Å². The quantitative estimate of drug-likeness (QED) is 0.778. The smallest absolute Gasteiger partial charge is 0.278 e. The molecule has 2 aliphatic rings. The Morgan fingerprint density at radius 2 is 1.90 bits per heavy atom. The van der Waals surface area contributed by atoms with Crippen molar-refractivity contribution in [2.75, 3.05) is 19.1 Å². The summed E-state index contributed by atoms with van der Waals surface area (Å²) in [5, 5.41) is 14.8. The first-order chi connectivity index (χ1) is 14.7. The summed E-state index contributed by atoms with van der Waals surface area (Å²) < 4.78 is 15.5. The van der Waals surface area contributed by atoms with Gasteiger partial charge in [0.05, 0.1) is 0 Å². The van der Waals surface area contributed by atoms with Crippen molar-refractivity contribution < 1.29 is 19.1 Å². The first-order valence-electron chi connectivity index (χ1n) is 10.2. The van der Waals surface area contributed by atoms with Crippen LogP contribution in [0.1, 0.15) is 57.7 Å². The number of carbonyl (C=O) groups is 2. The van der Waals surface area contributed by atoms with E-state index >= 15 is 0 Å². The van der Waals surface area contributed by atoms with Gasteiger partial charge < -0.3 is 15.3 Å². The minimum absolute atomic E-state index is 0.117. The monoisotopic (exact) mass is 428 g/mol. The van der Waals surface area contributed by atoms with Crippen LogP contribution in [0.2, 0.25) is 0 Å². The maximum atomic E-state index is 14.1. The SMILES string of the molecule is Cc1ccc(CNC(=O)c2cn3c(c(O)c2=O)C(=O)N(C)C2(CCCC2)N3C)c(F)c1. The lowest BCUT2D eigenvalue weighted by Gasteiger charge is -2.51. The highest BCUT2D eigenvalue weighted by atomic mass is 19.1. The predicted molar refractivity (Wildman–Crippen MR) is 112 cm³/mol. The molecule has 0 radical (unpaired) electrons. The summed E-state index contributed by atoms with van der Waals surface area (Å²) >= 11 is 0. The Bertz CT molecular complexity index is 1140. The molecule has 4 rings (SSSR count). The van der Waals surface area contributed by atoms with Crippen LogP contribution in [0, 0.1) is 12.7 Å². The number of nitrogens with one attached hydrogen (secondary N) is 1. The molecule has 1 saturated carbocycles. The molecule has 1 spiro atoms. The molecule has 31 heavy (non-hydrogen) atoms. The fourth-order valence-electron chi connectivity index (χ4n) is 4.62. The zero-order chi connectivity index (χ0) is 22.5. The molecule has 0 bridgehead atoms. The van der Waals surface area contributed by atoms with E-state index in [0.717, 1.165) is 31.2 Å². The minimum Gasteiger partial charge on any atom is -0.502 e. The van der Waals surface area contributed by atoms with Crippen LogP contribution in [0.15, 0.2) is 29.2 Å². The molecule has 0 atom stereocenters. The van der Waals surface area contributed by atoms with E-state index in [-0.39, 0.29) is 23.4 Å². The van der Waals surface area contributed by atoms with Crippen molar-refractivity contribution in [2.45, 2.75) is 44.8 Å².